The molecule has 47 heavy (non-hydrogen) atoms. The number of aromatic amines is 1. The first-order valence-electron chi connectivity index (χ1n) is 12.1. The number of aromatic nitrogens is 2. The number of ether oxygens (including phenoxy) is 2. The third-order valence-electron chi connectivity index (χ3n) is 6.99. The van der Waals surface area contributed by atoms with Crippen molar-refractivity contribution in [2.75, 3.05) is 11.9 Å². The summed E-state index contributed by atoms with van der Waals surface area (Å²) in [5.41, 5.74) is -11.5. The molecule has 1 aliphatic heterocycles. The predicted molar refractivity (Wildman–Crippen MR) is 144 cm³/mol. The topological polar surface area (TPSA) is 412 Å². The molecule has 2 aromatic carbocycles. The van der Waals surface area contributed by atoms with Gasteiger partial charge in [-0.05, 0) is 22.9 Å². The quantitative estimate of drug-likeness (QED) is 0.0609. The molecule has 2 atom stereocenters. The number of piperidine rings is 1. The fourth-order valence-corrected chi connectivity index (χ4v) is 4.85. The van der Waals surface area contributed by atoms with Crippen LogP contribution in [0.25, 0.3) is 10.9 Å². The highest BCUT2D eigenvalue weighted by molar-refractivity contribution is 9.10. The van der Waals surface area contributed by atoms with Crippen molar-refractivity contribution >= 4 is 38.3 Å². The number of rotatable bonds is 7. The van der Waals surface area contributed by atoms with Crippen molar-refractivity contribution in [3.05, 3.63) is 20.8 Å². The van der Waals surface area contributed by atoms with Crippen LogP contribution in [0.5, 0.6) is 40.2 Å². The molecule has 0 radical (unpaired) electrons. The number of nitrogens with zero attached hydrogens (tertiary/aromatic N) is 1. The first-order chi connectivity index (χ1) is 21.1. The molecule has 3 aromatic rings. The Kier molecular flexibility index (Phi) is 8.15. The highest BCUT2D eigenvalue weighted by Crippen LogP contribution is 2.54. The number of H-pyrrole nitrogens is 1. The van der Waals surface area contributed by atoms with E-state index in [1.165, 1.54) is 5.32 Å². The molecule has 25 heteroatoms. The number of aromatic hydroxyl groups is 5. The zero-order valence-corrected chi connectivity index (χ0v) is 24.4. The van der Waals surface area contributed by atoms with Crippen LogP contribution in [0.2, 0.25) is 0 Å². The molecule has 2 unspecified atom stereocenters. The Labute approximate surface area is 264 Å². The SMILES string of the molecule is CC1(O)NC(O)(O)C(O)(O)C(O)(COc2c(OC(O)(O)O)c(O)c3c(Nc4c(O)c(O)c(Br)c(O)c4F)nc(=O)[nH]c3c2O)C1(O)O. The van der Waals surface area contributed by atoms with Crippen molar-refractivity contribution in [2.24, 2.45) is 0 Å². The van der Waals surface area contributed by atoms with Crippen molar-refractivity contribution in [1.82, 2.24) is 15.3 Å². The summed E-state index contributed by atoms with van der Waals surface area (Å²) >= 11 is 2.59. The number of benzene rings is 2. The van der Waals surface area contributed by atoms with E-state index >= 15 is 0 Å². The van der Waals surface area contributed by atoms with Crippen molar-refractivity contribution in [3.63, 3.8) is 0 Å². The minimum absolute atomic E-state index is 0.387. The van der Waals surface area contributed by atoms with E-state index in [0.29, 0.717) is 6.92 Å². The van der Waals surface area contributed by atoms with Gasteiger partial charge in [-0.3, -0.25) is 0 Å². The molecule has 0 amide bonds. The fraction of sp³-hybridized carbons (Fsp3) is 0.364. The van der Waals surface area contributed by atoms with Gasteiger partial charge in [0, 0.05) is 0 Å². The van der Waals surface area contributed by atoms with Gasteiger partial charge in [0.2, 0.25) is 22.9 Å². The number of hydrogen-bond acceptors (Lipinski definition) is 22. The lowest BCUT2D eigenvalue weighted by Crippen LogP contribution is -2.93. The summed E-state index contributed by atoms with van der Waals surface area (Å²) in [5.74, 6) is -25.9. The van der Waals surface area contributed by atoms with E-state index < -0.39 is 120 Å². The number of phenols is 5. The van der Waals surface area contributed by atoms with Gasteiger partial charge in [-0.2, -0.15) is 4.98 Å². The molecule has 1 fully saturated rings. The molecule has 19 N–H and O–H groups in total. The monoisotopic (exact) mass is 746 g/mol. The summed E-state index contributed by atoms with van der Waals surface area (Å²) in [5, 5.41) is 166. The minimum atomic E-state index is -4.54. The third kappa shape index (κ3) is 5.24. The van der Waals surface area contributed by atoms with Crippen LogP contribution in [0.1, 0.15) is 6.92 Å². The van der Waals surface area contributed by atoms with Crippen LogP contribution in [0.15, 0.2) is 9.27 Å². The Balaban J connectivity index is 1.98. The molecule has 260 valence electrons. The first kappa shape index (κ1) is 35.8. The number of nitrogens with one attached hydrogen (secondary N) is 3. The summed E-state index contributed by atoms with van der Waals surface area (Å²) in [6.45, 7) is -1.73. The maximum absolute atomic E-state index is 14.8. The molecule has 1 aromatic heterocycles. The molecular weight excluding hydrogens is 723 g/mol. The second kappa shape index (κ2) is 10.7. The standard InChI is InChI=1S/C22H24BrFN4O19/c1-17(35)19(37,38)18(36,20(39,40)21(41,42)28-17)2-46-13-12(33)6-3(8(29)14(13)47-22(43,44)45)15(27-16(34)26-6)25-7-5(24)9(30)4(23)10(31)11(7)32/h28-33,35-45H,2H2,1H3,(H2,25,26,27,34). The first-order valence-corrected chi connectivity index (χ1v) is 12.9. The largest absolute Gasteiger partial charge is 0.504 e. The van der Waals surface area contributed by atoms with Crippen LogP contribution in [0.3, 0.4) is 0 Å². The smallest absolute Gasteiger partial charge is 0.453 e. The molecule has 0 spiro atoms. The molecule has 1 aliphatic rings. The maximum Gasteiger partial charge on any atom is 0.453 e. The van der Waals surface area contributed by atoms with Crippen molar-refractivity contribution in [1.29, 1.82) is 0 Å². The lowest BCUT2D eigenvalue weighted by atomic mass is 9.73. The molecule has 0 aliphatic carbocycles. The average molecular weight is 747 g/mol. The van der Waals surface area contributed by atoms with Gasteiger partial charge in [-0.15, -0.1) is 0 Å². The molecule has 0 saturated carbocycles. The molecular formula is C22H24BrFN4O19. The fourth-order valence-electron chi connectivity index (χ4n) is 4.49. The van der Waals surface area contributed by atoms with Gasteiger partial charge in [-0.1, -0.05) is 0 Å². The number of anilines is 2. The average Bonchev–Trinajstić information content (AvgIpc) is 2.93. The molecule has 2 heterocycles. The van der Waals surface area contributed by atoms with Gasteiger partial charge in [0.1, 0.15) is 28.1 Å². The summed E-state index contributed by atoms with van der Waals surface area (Å²) in [6.07, 6.45) is -4.32. The van der Waals surface area contributed by atoms with Crippen molar-refractivity contribution < 1.29 is 95.6 Å². The van der Waals surface area contributed by atoms with Gasteiger partial charge >= 0.3 is 11.8 Å². The lowest BCUT2D eigenvalue weighted by molar-refractivity contribution is -0.522. The summed E-state index contributed by atoms with van der Waals surface area (Å²) in [4.78, 5) is 17.6. The third-order valence-corrected chi connectivity index (χ3v) is 7.74. The number of halogens is 2. The Morgan fingerprint density at radius 1 is 0.872 bits per heavy atom. The number of hydrogen-bond donors (Lipinski definition) is 19. The lowest BCUT2D eigenvalue weighted by Gasteiger charge is -2.59. The zero-order valence-electron chi connectivity index (χ0n) is 22.8. The van der Waals surface area contributed by atoms with E-state index in [-0.39, 0.29) is 0 Å². The molecule has 4 rings (SSSR count). The normalized spacial score (nSPS) is 23.4. The summed E-state index contributed by atoms with van der Waals surface area (Å²) in [7, 11) is 0. The second-order valence-electron chi connectivity index (χ2n) is 10.2. The van der Waals surface area contributed by atoms with E-state index in [9.17, 15) is 90.9 Å². The summed E-state index contributed by atoms with van der Waals surface area (Å²) < 4.78 is 23.4. The van der Waals surface area contributed by atoms with Crippen LogP contribution in [-0.4, -0.2) is 133 Å². The highest BCUT2D eigenvalue weighted by atomic mass is 79.9. The second-order valence-corrected chi connectivity index (χ2v) is 11.0. The molecule has 1 saturated heterocycles. The highest BCUT2D eigenvalue weighted by Gasteiger charge is 2.80. The Bertz CT molecular complexity index is 1790. The van der Waals surface area contributed by atoms with Gasteiger partial charge < -0.3 is 101 Å². The Hall–Kier alpha value is -4.09. The summed E-state index contributed by atoms with van der Waals surface area (Å²) in [6, 6.07) is 0. The van der Waals surface area contributed by atoms with Gasteiger partial charge in [0.15, 0.2) is 40.3 Å². The van der Waals surface area contributed by atoms with Gasteiger partial charge in [0.05, 0.1) is 5.39 Å². The van der Waals surface area contributed by atoms with Gasteiger partial charge in [-0.25, -0.2) is 14.5 Å². The van der Waals surface area contributed by atoms with E-state index in [4.69, 9.17) is 4.74 Å². The Morgan fingerprint density at radius 2 is 1.45 bits per heavy atom. The van der Waals surface area contributed by atoms with Crippen LogP contribution in [0, 0.1) is 5.82 Å². The van der Waals surface area contributed by atoms with Crippen LogP contribution < -0.4 is 25.8 Å². The van der Waals surface area contributed by atoms with E-state index in [1.807, 2.05) is 10.3 Å². The van der Waals surface area contributed by atoms with Crippen LogP contribution in [0.4, 0.5) is 15.9 Å². The minimum Gasteiger partial charge on any atom is -0.504 e. The van der Waals surface area contributed by atoms with Crippen molar-refractivity contribution in [3.8, 4) is 40.2 Å². The van der Waals surface area contributed by atoms with Gasteiger partial charge in [0.25, 0.3) is 11.7 Å². The molecule has 0 bridgehead atoms. The molecule has 23 nitrogen and oxygen atoms in total. The maximum atomic E-state index is 14.8. The number of aliphatic hydroxyl groups is 11. The predicted octanol–water partition coefficient (Wildman–Crippen LogP) is -5.51. The van der Waals surface area contributed by atoms with Crippen LogP contribution >= 0.6 is 15.9 Å². The van der Waals surface area contributed by atoms with E-state index in [1.54, 1.807) is 0 Å². The zero-order chi connectivity index (χ0) is 36.0. The van der Waals surface area contributed by atoms with E-state index in [0.717, 1.165) is 0 Å². The Morgan fingerprint density at radius 3 is 2.00 bits per heavy atom. The number of fused-ring (bicyclic) bond motifs is 1. The number of phenolic OH excluding ortho intramolecular Hbond substituents is 5. The van der Waals surface area contributed by atoms with E-state index in [2.05, 4.69) is 25.7 Å². The van der Waals surface area contributed by atoms with Crippen molar-refractivity contribution in [2.45, 2.75) is 41.9 Å². The van der Waals surface area contributed by atoms with Crippen LogP contribution in [-0.2, 0) is 0 Å².